The van der Waals surface area contributed by atoms with Gasteiger partial charge >= 0.3 is 12.1 Å². The summed E-state index contributed by atoms with van der Waals surface area (Å²) in [4.78, 5) is 15.1. The van der Waals surface area contributed by atoms with E-state index < -0.39 is 17.7 Å². The highest BCUT2D eigenvalue weighted by molar-refractivity contribution is 5.85. The molecule has 2 aromatic rings. The van der Waals surface area contributed by atoms with Crippen LogP contribution in [0.25, 0.3) is 5.65 Å². The van der Waals surface area contributed by atoms with E-state index in [1.165, 1.54) is 0 Å². The summed E-state index contributed by atoms with van der Waals surface area (Å²) in [5.74, 6) is -1.04. The third kappa shape index (κ3) is 2.27. The van der Waals surface area contributed by atoms with Crippen LogP contribution < -0.4 is 0 Å². The van der Waals surface area contributed by atoms with Gasteiger partial charge in [-0.2, -0.15) is 13.2 Å². The maximum absolute atomic E-state index is 12.4. The molecule has 0 aliphatic carbocycles. The minimum Gasteiger partial charge on any atom is -0.460 e. The van der Waals surface area contributed by atoms with Crippen molar-refractivity contribution in [3.8, 4) is 0 Å². The molecule has 0 bridgehead atoms. The lowest BCUT2D eigenvalue weighted by Gasteiger charge is -2.05. The molecule has 0 fully saturated rings. The number of halogens is 3. The lowest BCUT2D eigenvalue weighted by atomic mass is 10.3. The number of esters is 1. The molecule has 0 spiro atoms. The molecule has 2 aromatic heterocycles. The summed E-state index contributed by atoms with van der Waals surface area (Å²) >= 11 is 0. The molecule has 0 atom stereocenters. The lowest BCUT2D eigenvalue weighted by Crippen LogP contribution is -2.08. The molecule has 2 heterocycles. The van der Waals surface area contributed by atoms with E-state index in [0.29, 0.717) is 0 Å². The summed E-state index contributed by atoms with van der Waals surface area (Å²) in [6.45, 7) is 1.75. The topological polar surface area (TPSA) is 56.5 Å². The molecule has 0 saturated carbocycles. The molecule has 0 unspecified atom stereocenters. The Morgan fingerprint density at radius 3 is 2.78 bits per heavy atom. The average Bonchev–Trinajstić information content (AvgIpc) is 2.70. The zero-order chi connectivity index (χ0) is 13.3. The van der Waals surface area contributed by atoms with Crippen molar-refractivity contribution in [1.82, 2.24) is 14.6 Å². The number of ether oxygens (including phenoxy) is 1. The number of aromatic nitrogens is 3. The number of hydrogen-bond acceptors (Lipinski definition) is 4. The van der Waals surface area contributed by atoms with Crippen LogP contribution in [0.2, 0.25) is 0 Å². The van der Waals surface area contributed by atoms with Gasteiger partial charge < -0.3 is 4.74 Å². The van der Waals surface area contributed by atoms with Crippen molar-refractivity contribution in [3.05, 3.63) is 29.7 Å². The number of pyridine rings is 1. The van der Waals surface area contributed by atoms with Gasteiger partial charge in [0.15, 0.2) is 5.65 Å². The third-order valence-corrected chi connectivity index (χ3v) is 2.12. The monoisotopic (exact) mass is 259 g/mol. The van der Waals surface area contributed by atoms with Crippen LogP contribution in [0.1, 0.15) is 23.1 Å². The largest absolute Gasteiger partial charge is 0.460 e. The van der Waals surface area contributed by atoms with Gasteiger partial charge in [-0.05, 0) is 19.1 Å². The first kappa shape index (κ1) is 12.3. The molecule has 0 N–H and O–H groups in total. The Kier molecular flexibility index (Phi) is 2.93. The normalized spacial score (nSPS) is 11.8. The van der Waals surface area contributed by atoms with Crippen molar-refractivity contribution in [1.29, 1.82) is 0 Å². The van der Waals surface area contributed by atoms with Crippen molar-refractivity contribution in [3.63, 3.8) is 0 Å². The summed E-state index contributed by atoms with van der Waals surface area (Å²) in [5, 5.41) is 3.64. The summed E-state index contributed by atoms with van der Waals surface area (Å²) in [5.41, 5.74) is -0.721. The molecule has 0 aliphatic heterocycles. The van der Waals surface area contributed by atoms with E-state index in [1.54, 1.807) is 6.92 Å². The average molecular weight is 259 g/mol. The Labute approximate surface area is 99.2 Å². The van der Waals surface area contributed by atoms with Crippen LogP contribution in [0, 0.1) is 0 Å². The molecule has 8 heteroatoms. The number of carbonyl (C=O) groups is 1. The number of hydrogen-bond donors (Lipinski definition) is 0. The van der Waals surface area contributed by atoms with Gasteiger partial charge in [-0.1, -0.05) is 0 Å². The highest BCUT2D eigenvalue weighted by atomic mass is 19.4. The van der Waals surface area contributed by atoms with Gasteiger partial charge in [-0.3, -0.25) is 0 Å². The predicted octanol–water partition coefficient (Wildman–Crippen LogP) is 1.92. The number of carbonyl (C=O) groups excluding carboxylic acids is 1. The van der Waals surface area contributed by atoms with E-state index in [0.717, 1.165) is 22.8 Å². The standard InChI is InChI=1S/C10H8F3N3O2/c1-2-18-9(17)8-14-7-4-3-6(10(11,12)13)5-16(7)15-8/h3-5H,2H2,1H3. The molecular formula is C10H8F3N3O2. The summed E-state index contributed by atoms with van der Waals surface area (Å²) in [6.07, 6.45) is -3.70. The number of rotatable bonds is 2. The fraction of sp³-hybridized carbons (Fsp3) is 0.300. The van der Waals surface area contributed by atoms with E-state index in [4.69, 9.17) is 0 Å². The van der Waals surface area contributed by atoms with Crippen LogP contribution in [0.3, 0.4) is 0 Å². The SMILES string of the molecule is CCOC(=O)c1nc2ccc(C(F)(F)F)cn2n1. The molecule has 0 aliphatic rings. The van der Waals surface area contributed by atoms with Gasteiger partial charge in [0.1, 0.15) is 0 Å². The van der Waals surface area contributed by atoms with E-state index in [-0.39, 0.29) is 18.1 Å². The summed E-state index contributed by atoms with van der Waals surface area (Å²) in [7, 11) is 0. The zero-order valence-corrected chi connectivity index (χ0v) is 9.23. The van der Waals surface area contributed by atoms with Crippen molar-refractivity contribution < 1.29 is 22.7 Å². The molecule has 5 nitrogen and oxygen atoms in total. The number of nitrogens with zero attached hydrogens (tertiary/aromatic N) is 3. The minimum absolute atomic E-state index is 0.141. The third-order valence-electron chi connectivity index (χ3n) is 2.12. The molecule has 0 amide bonds. The minimum atomic E-state index is -4.47. The Morgan fingerprint density at radius 2 is 2.17 bits per heavy atom. The van der Waals surface area contributed by atoms with E-state index in [9.17, 15) is 18.0 Å². The molecule has 0 saturated heterocycles. The summed E-state index contributed by atoms with van der Waals surface area (Å²) < 4.78 is 42.9. The first-order valence-corrected chi connectivity index (χ1v) is 5.02. The predicted molar refractivity (Wildman–Crippen MR) is 53.9 cm³/mol. The van der Waals surface area contributed by atoms with Crippen LogP contribution in [-0.4, -0.2) is 27.2 Å². The fourth-order valence-corrected chi connectivity index (χ4v) is 1.33. The molecule has 96 valence electrons. The first-order valence-electron chi connectivity index (χ1n) is 5.02. The molecular weight excluding hydrogens is 251 g/mol. The Bertz CT molecular complexity index is 592. The highest BCUT2D eigenvalue weighted by Crippen LogP contribution is 2.28. The van der Waals surface area contributed by atoms with Gasteiger partial charge in [-0.25, -0.2) is 14.3 Å². The van der Waals surface area contributed by atoms with Gasteiger partial charge in [0, 0.05) is 6.20 Å². The second kappa shape index (κ2) is 4.28. The van der Waals surface area contributed by atoms with Crippen molar-refractivity contribution in [2.24, 2.45) is 0 Å². The van der Waals surface area contributed by atoms with E-state index in [1.807, 2.05) is 0 Å². The second-order valence-corrected chi connectivity index (χ2v) is 3.37. The van der Waals surface area contributed by atoms with Crippen LogP contribution >= 0.6 is 0 Å². The Morgan fingerprint density at radius 1 is 1.44 bits per heavy atom. The van der Waals surface area contributed by atoms with Gasteiger partial charge in [0.05, 0.1) is 12.2 Å². The van der Waals surface area contributed by atoms with Crippen molar-refractivity contribution >= 4 is 11.6 Å². The molecule has 0 radical (unpaired) electrons. The smallest absolute Gasteiger partial charge is 0.417 e. The highest BCUT2D eigenvalue weighted by Gasteiger charge is 2.31. The molecule has 0 aromatic carbocycles. The van der Waals surface area contributed by atoms with E-state index >= 15 is 0 Å². The van der Waals surface area contributed by atoms with Crippen molar-refractivity contribution in [2.75, 3.05) is 6.61 Å². The lowest BCUT2D eigenvalue weighted by molar-refractivity contribution is -0.137. The fourth-order valence-electron chi connectivity index (χ4n) is 1.33. The van der Waals surface area contributed by atoms with Crippen LogP contribution in [0.5, 0.6) is 0 Å². The first-order chi connectivity index (χ1) is 8.41. The second-order valence-electron chi connectivity index (χ2n) is 3.37. The van der Waals surface area contributed by atoms with Gasteiger partial charge in [-0.15, -0.1) is 5.10 Å². The van der Waals surface area contributed by atoms with E-state index in [2.05, 4.69) is 14.8 Å². The Balaban J connectivity index is 2.43. The molecule has 18 heavy (non-hydrogen) atoms. The maximum Gasteiger partial charge on any atom is 0.417 e. The quantitative estimate of drug-likeness (QED) is 0.773. The van der Waals surface area contributed by atoms with Crippen LogP contribution in [0.4, 0.5) is 13.2 Å². The van der Waals surface area contributed by atoms with Gasteiger partial charge in [0.2, 0.25) is 0 Å². The van der Waals surface area contributed by atoms with Gasteiger partial charge in [0.25, 0.3) is 5.82 Å². The van der Waals surface area contributed by atoms with Crippen LogP contribution in [0.15, 0.2) is 18.3 Å². The zero-order valence-electron chi connectivity index (χ0n) is 9.23. The summed E-state index contributed by atoms with van der Waals surface area (Å²) in [6, 6.07) is 2.01. The Hall–Kier alpha value is -2.12. The number of fused-ring (bicyclic) bond motifs is 1. The maximum atomic E-state index is 12.4. The van der Waals surface area contributed by atoms with Crippen LogP contribution in [-0.2, 0) is 10.9 Å². The number of alkyl halides is 3. The molecule has 2 rings (SSSR count). The van der Waals surface area contributed by atoms with Crippen molar-refractivity contribution in [2.45, 2.75) is 13.1 Å².